The van der Waals surface area contributed by atoms with Gasteiger partial charge in [-0.2, -0.15) is 4.31 Å². The molecule has 2 aromatic rings. The summed E-state index contributed by atoms with van der Waals surface area (Å²) in [4.78, 5) is 0.986. The summed E-state index contributed by atoms with van der Waals surface area (Å²) in [5.41, 5.74) is 0.527. The first-order valence-corrected chi connectivity index (χ1v) is 9.23. The van der Waals surface area contributed by atoms with Crippen molar-refractivity contribution in [3.8, 4) is 0 Å². The fourth-order valence-corrected chi connectivity index (χ4v) is 4.38. The van der Waals surface area contributed by atoms with E-state index in [0.29, 0.717) is 25.2 Å². The molecule has 0 bridgehead atoms. The molecule has 0 radical (unpaired) electrons. The van der Waals surface area contributed by atoms with Gasteiger partial charge in [0.2, 0.25) is 10.0 Å². The van der Waals surface area contributed by atoms with Gasteiger partial charge in [-0.3, -0.25) is 4.90 Å². The zero-order chi connectivity index (χ0) is 18.0. The Morgan fingerprint density at radius 3 is 1.96 bits per heavy atom. The Labute approximate surface area is 144 Å². The Bertz CT molecular complexity index is 846. The molecule has 0 atom stereocenters. The first kappa shape index (κ1) is 17.9. The van der Waals surface area contributed by atoms with Gasteiger partial charge in [-0.15, -0.1) is 0 Å². The summed E-state index contributed by atoms with van der Waals surface area (Å²) in [5, 5.41) is 0. The van der Waals surface area contributed by atoms with E-state index in [9.17, 15) is 21.6 Å². The van der Waals surface area contributed by atoms with E-state index in [0.717, 1.165) is 22.5 Å². The molecular weight excluding hydrogens is 353 g/mol. The number of hydrogen-bond acceptors (Lipinski definition) is 3. The maximum Gasteiger partial charge on any atom is 0.249 e. The van der Waals surface area contributed by atoms with Gasteiger partial charge in [-0.05, 0) is 18.2 Å². The molecule has 0 amide bonds. The van der Waals surface area contributed by atoms with Crippen LogP contribution >= 0.6 is 0 Å². The van der Waals surface area contributed by atoms with Crippen LogP contribution in [0.5, 0.6) is 0 Å². The van der Waals surface area contributed by atoms with Crippen LogP contribution in [0.25, 0.3) is 0 Å². The number of hydrogen-bond donors (Lipinski definition) is 0. The molecule has 8 heteroatoms. The molecule has 4 nitrogen and oxygen atoms in total. The lowest BCUT2D eigenvalue weighted by Crippen LogP contribution is -2.48. The number of sulfonamides is 1. The zero-order valence-corrected chi connectivity index (χ0v) is 14.1. The quantitative estimate of drug-likeness (QED) is 0.831. The largest absolute Gasteiger partial charge is 0.296 e. The molecule has 0 N–H and O–H groups in total. The van der Waals surface area contributed by atoms with Crippen molar-refractivity contribution in [3.63, 3.8) is 0 Å². The normalized spacial score (nSPS) is 16.9. The van der Waals surface area contributed by atoms with Gasteiger partial charge in [0.15, 0.2) is 4.90 Å². The Balaban J connectivity index is 1.71. The summed E-state index contributed by atoms with van der Waals surface area (Å²) in [7, 11) is -4.25. The van der Waals surface area contributed by atoms with Gasteiger partial charge in [-0.1, -0.05) is 24.3 Å². The predicted molar refractivity (Wildman–Crippen MR) is 86.8 cm³/mol. The van der Waals surface area contributed by atoms with E-state index in [2.05, 4.69) is 0 Å². The third-order valence-corrected chi connectivity index (χ3v) is 6.15. The second-order valence-corrected chi connectivity index (χ2v) is 7.70. The molecule has 1 heterocycles. The van der Waals surface area contributed by atoms with Crippen LogP contribution in [0, 0.1) is 17.5 Å². The van der Waals surface area contributed by atoms with Crippen LogP contribution < -0.4 is 0 Å². The van der Waals surface area contributed by atoms with Crippen molar-refractivity contribution in [2.24, 2.45) is 0 Å². The first-order valence-electron chi connectivity index (χ1n) is 7.79. The van der Waals surface area contributed by atoms with Crippen molar-refractivity contribution in [1.82, 2.24) is 9.21 Å². The number of nitrogens with zero attached hydrogens (tertiary/aromatic N) is 2. The van der Waals surface area contributed by atoms with Crippen molar-refractivity contribution in [2.75, 3.05) is 26.2 Å². The van der Waals surface area contributed by atoms with Gasteiger partial charge in [-0.25, -0.2) is 21.6 Å². The fraction of sp³-hybridized carbons (Fsp3) is 0.294. The lowest BCUT2D eigenvalue weighted by Gasteiger charge is -2.34. The van der Waals surface area contributed by atoms with Crippen LogP contribution in [0.3, 0.4) is 0 Å². The highest BCUT2D eigenvalue weighted by Crippen LogP contribution is 2.24. The minimum absolute atomic E-state index is 0.0879. The fourth-order valence-electron chi connectivity index (χ4n) is 2.85. The van der Waals surface area contributed by atoms with E-state index >= 15 is 0 Å². The Morgan fingerprint density at radius 2 is 1.36 bits per heavy atom. The smallest absolute Gasteiger partial charge is 0.249 e. The SMILES string of the molecule is O=S(=O)(c1c(F)cccc1F)N1CCN(Cc2ccccc2F)CC1. The summed E-state index contributed by atoms with van der Waals surface area (Å²) in [5.74, 6) is -2.52. The van der Waals surface area contributed by atoms with Crippen molar-refractivity contribution in [3.05, 3.63) is 65.5 Å². The van der Waals surface area contributed by atoms with Gasteiger partial charge in [0, 0.05) is 38.3 Å². The van der Waals surface area contributed by atoms with E-state index in [4.69, 9.17) is 0 Å². The van der Waals surface area contributed by atoms with E-state index in [1.165, 1.54) is 6.07 Å². The molecule has 1 fully saturated rings. The lowest BCUT2D eigenvalue weighted by atomic mass is 10.2. The molecule has 1 saturated heterocycles. The van der Waals surface area contributed by atoms with E-state index in [1.54, 1.807) is 18.2 Å². The second-order valence-electron chi connectivity index (χ2n) is 5.82. The molecule has 0 saturated carbocycles. The topological polar surface area (TPSA) is 40.6 Å². The molecule has 3 rings (SSSR count). The van der Waals surface area contributed by atoms with Gasteiger partial charge < -0.3 is 0 Å². The second kappa shape index (κ2) is 7.15. The highest BCUT2D eigenvalue weighted by atomic mass is 32.2. The van der Waals surface area contributed by atoms with Crippen LogP contribution in [0.1, 0.15) is 5.56 Å². The van der Waals surface area contributed by atoms with E-state index in [1.807, 2.05) is 4.90 Å². The van der Waals surface area contributed by atoms with Crippen molar-refractivity contribution in [2.45, 2.75) is 11.4 Å². The molecule has 25 heavy (non-hydrogen) atoms. The van der Waals surface area contributed by atoms with Gasteiger partial charge in [0.25, 0.3) is 0 Å². The zero-order valence-electron chi connectivity index (χ0n) is 13.3. The molecule has 2 aromatic carbocycles. The summed E-state index contributed by atoms with van der Waals surface area (Å²) >= 11 is 0. The summed E-state index contributed by atoms with van der Waals surface area (Å²) in [6.07, 6.45) is 0. The average molecular weight is 370 g/mol. The lowest BCUT2D eigenvalue weighted by molar-refractivity contribution is 0.179. The Hall–Kier alpha value is -1.90. The number of piperazine rings is 1. The summed E-state index contributed by atoms with van der Waals surface area (Å²) < 4.78 is 67.4. The van der Waals surface area contributed by atoms with Crippen LogP contribution in [-0.2, 0) is 16.6 Å². The van der Waals surface area contributed by atoms with Crippen LogP contribution in [0.2, 0.25) is 0 Å². The number of halogens is 3. The van der Waals surface area contributed by atoms with Crippen LogP contribution in [-0.4, -0.2) is 43.8 Å². The average Bonchev–Trinajstić information content (AvgIpc) is 2.57. The maximum atomic E-state index is 13.8. The molecule has 1 aliphatic rings. The highest BCUT2D eigenvalue weighted by molar-refractivity contribution is 7.89. The Morgan fingerprint density at radius 1 is 0.800 bits per heavy atom. The maximum absolute atomic E-state index is 13.8. The molecule has 134 valence electrons. The minimum atomic E-state index is -4.25. The van der Waals surface area contributed by atoms with Gasteiger partial charge in [0.1, 0.15) is 17.5 Å². The van der Waals surface area contributed by atoms with Crippen LogP contribution in [0.4, 0.5) is 13.2 Å². The summed E-state index contributed by atoms with van der Waals surface area (Å²) in [6.45, 7) is 1.23. The van der Waals surface area contributed by atoms with Crippen molar-refractivity contribution < 1.29 is 21.6 Å². The number of benzene rings is 2. The number of rotatable bonds is 4. The Kier molecular flexibility index (Phi) is 5.12. The van der Waals surface area contributed by atoms with Gasteiger partial charge >= 0.3 is 0 Å². The highest BCUT2D eigenvalue weighted by Gasteiger charge is 2.33. The molecule has 0 spiro atoms. The molecular formula is C17H17F3N2O2S. The molecule has 0 aliphatic carbocycles. The third-order valence-electron chi connectivity index (χ3n) is 4.20. The molecule has 0 unspecified atom stereocenters. The monoisotopic (exact) mass is 370 g/mol. The van der Waals surface area contributed by atoms with Crippen molar-refractivity contribution in [1.29, 1.82) is 0 Å². The minimum Gasteiger partial charge on any atom is -0.296 e. The first-order chi connectivity index (χ1) is 11.9. The van der Waals surface area contributed by atoms with Crippen LogP contribution in [0.15, 0.2) is 47.4 Å². The van der Waals surface area contributed by atoms with Gasteiger partial charge in [0.05, 0.1) is 0 Å². The van der Waals surface area contributed by atoms with Crippen molar-refractivity contribution >= 4 is 10.0 Å². The summed E-state index contributed by atoms with van der Waals surface area (Å²) in [6, 6.07) is 9.35. The van der Waals surface area contributed by atoms with E-state index < -0.39 is 26.6 Å². The third kappa shape index (κ3) is 3.70. The van der Waals surface area contributed by atoms with E-state index in [-0.39, 0.29) is 18.9 Å². The predicted octanol–water partition coefficient (Wildman–Crippen LogP) is 2.61. The molecule has 0 aromatic heterocycles. The standard InChI is InChI=1S/C17H17F3N2O2S/c18-14-5-2-1-4-13(14)12-21-8-10-22(11-9-21)25(23,24)17-15(19)6-3-7-16(17)20/h1-7H,8-12H2. The molecule has 1 aliphatic heterocycles.